The topological polar surface area (TPSA) is 84.3 Å². The van der Waals surface area contributed by atoms with E-state index >= 15 is 0 Å². The second-order valence-corrected chi connectivity index (χ2v) is 6.16. The molecule has 25 heavy (non-hydrogen) atoms. The molecule has 0 saturated carbocycles. The van der Waals surface area contributed by atoms with Crippen molar-refractivity contribution >= 4 is 17.3 Å². The van der Waals surface area contributed by atoms with Gasteiger partial charge in [0.2, 0.25) is 5.91 Å². The monoisotopic (exact) mass is 339 g/mol. The minimum atomic E-state index is -0.429. The Labute approximate surface area is 146 Å². The van der Waals surface area contributed by atoms with E-state index in [1.165, 1.54) is 17.2 Å². The number of rotatable bonds is 6. The van der Waals surface area contributed by atoms with Crippen molar-refractivity contribution in [3.05, 3.63) is 69.8 Å². The molecule has 3 rings (SSSR count). The molecule has 0 spiro atoms. The van der Waals surface area contributed by atoms with Crippen LogP contribution < -0.4 is 10.6 Å². The number of aryl methyl sites for hydroxylation is 1. The number of para-hydroxylation sites is 2. The summed E-state index contributed by atoms with van der Waals surface area (Å²) in [6.45, 7) is 0.352. The van der Waals surface area contributed by atoms with Gasteiger partial charge in [0, 0.05) is 19.0 Å². The number of nitrogens with one attached hydrogen (secondary N) is 2. The molecule has 1 unspecified atom stereocenters. The molecule has 0 aliphatic heterocycles. The molecule has 2 aromatic carbocycles. The van der Waals surface area contributed by atoms with Gasteiger partial charge in [0.15, 0.2) is 0 Å². The maximum atomic E-state index is 12.2. The third kappa shape index (κ3) is 4.15. The van der Waals surface area contributed by atoms with E-state index in [0.717, 1.165) is 19.3 Å². The molecular formula is C19H21N3O3. The third-order valence-corrected chi connectivity index (χ3v) is 4.47. The molecule has 0 radical (unpaired) electrons. The van der Waals surface area contributed by atoms with Crippen molar-refractivity contribution in [1.29, 1.82) is 0 Å². The van der Waals surface area contributed by atoms with Crippen molar-refractivity contribution in [2.45, 2.75) is 31.7 Å². The number of carbonyl (C=O) groups is 1. The molecule has 0 saturated heterocycles. The number of carbonyl (C=O) groups excluding carboxylic acids is 1. The summed E-state index contributed by atoms with van der Waals surface area (Å²) in [6, 6.07) is 14.7. The summed E-state index contributed by atoms with van der Waals surface area (Å²) < 4.78 is 0. The van der Waals surface area contributed by atoms with E-state index in [0.29, 0.717) is 12.2 Å². The summed E-state index contributed by atoms with van der Waals surface area (Å²) in [5.41, 5.74) is 2.96. The molecule has 1 aliphatic carbocycles. The number of fused-ring (bicyclic) bond motifs is 1. The number of nitro benzene ring substituents is 1. The minimum Gasteiger partial charge on any atom is -0.379 e. The van der Waals surface area contributed by atoms with Gasteiger partial charge < -0.3 is 10.6 Å². The fraction of sp³-hybridized carbons (Fsp3) is 0.316. The van der Waals surface area contributed by atoms with Crippen LogP contribution in [0.25, 0.3) is 0 Å². The number of hydrogen-bond acceptors (Lipinski definition) is 4. The van der Waals surface area contributed by atoms with Crippen molar-refractivity contribution in [3.8, 4) is 0 Å². The molecule has 6 nitrogen and oxygen atoms in total. The Bertz CT molecular complexity index is 776. The number of benzene rings is 2. The normalized spacial score (nSPS) is 15.9. The number of amides is 1. The number of anilines is 1. The molecule has 130 valence electrons. The van der Waals surface area contributed by atoms with Crippen LogP contribution in [0.5, 0.6) is 0 Å². The second-order valence-electron chi connectivity index (χ2n) is 6.16. The summed E-state index contributed by atoms with van der Waals surface area (Å²) in [4.78, 5) is 22.8. The molecule has 0 fully saturated rings. The fourth-order valence-electron chi connectivity index (χ4n) is 3.26. The van der Waals surface area contributed by atoms with Crippen molar-refractivity contribution in [2.24, 2.45) is 0 Å². The van der Waals surface area contributed by atoms with Gasteiger partial charge in [-0.15, -0.1) is 0 Å². The zero-order valence-electron chi connectivity index (χ0n) is 13.9. The van der Waals surface area contributed by atoms with Crippen molar-refractivity contribution in [3.63, 3.8) is 0 Å². The zero-order valence-corrected chi connectivity index (χ0v) is 13.9. The average molecular weight is 339 g/mol. The lowest BCUT2D eigenvalue weighted by Crippen LogP contribution is -2.32. The van der Waals surface area contributed by atoms with E-state index in [2.05, 4.69) is 22.8 Å². The summed E-state index contributed by atoms with van der Waals surface area (Å²) in [7, 11) is 0. The van der Waals surface area contributed by atoms with E-state index < -0.39 is 4.92 Å². The summed E-state index contributed by atoms with van der Waals surface area (Å²) in [6.07, 6.45) is 3.34. The highest BCUT2D eigenvalue weighted by Gasteiger charge is 2.21. The van der Waals surface area contributed by atoms with Crippen LogP contribution in [0.15, 0.2) is 48.5 Å². The Morgan fingerprint density at radius 2 is 1.92 bits per heavy atom. The Morgan fingerprint density at radius 1 is 1.16 bits per heavy atom. The van der Waals surface area contributed by atoms with Crippen molar-refractivity contribution in [2.75, 3.05) is 11.9 Å². The van der Waals surface area contributed by atoms with Gasteiger partial charge in [-0.3, -0.25) is 14.9 Å². The van der Waals surface area contributed by atoms with Crippen LogP contribution in [-0.4, -0.2) is 17.4 Å². The van der Waals surface area contributed by atoms with Crippen LogP contribution >= 0.6 is 0 Å². The Hall–Kier alpha value is -2.89. The largest absolute Gasteiger partial charge is 0.379 e. The van der Waals surface area contributed by atoms with Crippen LogP contribution in [0.2, 0.25) is 0 Å². The average Bonchev–Trinajstić information content (AvgIpc) is 2.62. The summed E-state index contributed by atoms with van der Waals surface area (Å²) in [5.74, 6) is -0.0483. The van der Waals surface area contributed by atoms with Crippen LogP contribution in [0.3, 0.4) is 0 Å². The first kappa shape index (κ1) is 17.0. The van der Waals surface area contributed by atoms with E-state index in [1.54, 1.807) is 18.2 Å². The van der Waals surface area contributed by atoms with E-state index in [4.69, 9.17) is 0 Å². The van der Waals surface area contributed by atoms with Gasteiger partial charge in [0.1, 0.15) is 5.69 Å². The molecule has 6 heteroatoms. The number of nitro groups is 1. The second kappa shape index (κ2) is 7.79. The number of hydrogen-bond donors (Lipinski definition) is 2. The predicted octanol–water partition coefficient (Wildman–Crippen LogP) is 3.59. The Morgan fingerprint density at radius 3 is 2.76 bits per heavy atom. The summed E-state index contributed by atoms with van der Waals surface area (Å²) >= 11 is 0. The smallest absolute Gasteiger partial charge is 0.292 e. The van der Waals surface area contributed by atoms with E-state index in [1.807, 2.05) is 12.1 Å². The molecule has 0 heterocycles. The molecule has 1 atom stereocenters. The maximum Gasteiger partial charge on any atom is 0.292 e. The van der Waals surface area contributed by atoms with Gasteiger partial charge in [-0.25, -0.2) is 0 Å². The Balaban J connectivity index is 1.54. The SMILES string of the molecule is O=C(CCNc1ccccc1[N+](=O)[O-])NC1CCCc2ccccc21. The highest BCUT2D eigenvalue weighted by atomic mass is 16.6. The highest BCUT2D eigenvalue weighted by molar-refractivity contribution is 5.77. The van der Waals surface area contributed by atoms with Gasteiger partial charge in [-0.1, -0.05) is 36.4 Å². The maximum absolute atomic E-state index is 12.2. The fourth-order valence-corrected chi connectivity index (χ4v) is 3.26. The molecular weight excluding hydrogens is 318 g/mol. The molecule has 0 bridgehead atoms. The molecule has 1 amide bonds. The van der Waals surface area contributed by atoms with Crippen molar-refractivity contribution < 1.29 is 9.72 Å². The van der Waals surface area contributed by atoms with Crippen LogP contribution in [0, 0.1) is 10.1 Å². The highest BCUT2D eigenvalue weighted by Crippen LogP contribution is 2.29. The lowest BCUT2D eigenvalue weighted by Gasteiger charge is -2.26. The van der Waals surface area contributed by atoms with Gasteiger partial charge in [0.05, 0.1) is 11.0 Å². The zero-order chi connectivity index (χ0) is 17.6. The molecule has 2 N–H and O–H groups in total. The molecule has 0 aromatic heterocycles. The quantitative estimate of drug-likeness (QED) is 0.622. The van der Waals surface area contributed by atoms with E-state index in [-0.39, 0.29) is 24.1 Å². The first-order valence-electron chi connectivity index (χ1n) is 8.49. The predicted molar refractivity (Wildman–Crippen MR) is 96.5 cm³/mol. The van der Waals surface area contributed by atoms with Crippen LogP contribution in [0.4, 0.5) is 11.4 Å². The number of nitrogens with zero attached hydrogens (tertiary/aromatic N) is 1. The summed E-state index contributed by atoms with van der Waals surface area (Å²) in [5, 5.41) is 17.0. The van der Waals surface area contributed by atoms with Gasteiger partial charge in [0.25, 0.3) is 5.69 Å². The van der Waals surface area contributed by atoms with Gasteiger partial charge in [-0.2, -0.15) is 0 Å². The van der Waals surface area contributed by atoms with E-state index in [9.17, 15) is 14.9 Å². The van der Waals surface area contributed by atoms with Gasteiger partial charge >= 0.3 is 0 Å². The Kier molecular flexibility index (Phi) is 5.28. The standard InChI is InChI=1S/C19H21N3O3/c23-19(12-13-20-17-9-3-4-11-18(17)22(24)25)21-16-10-5-7-14-6-1-2-8-15(14)16/h1-4,6,8-9,11,16,20H,5,7,10,12-13H2,(H,21,23). The molecule has 1 aliphatic rings. The van der Waals surface area contributed by atoms with Crippen molar-refractivity contribution in [1.82, 2.24) is 5.32 Å². The molecule has 2 aromatic rings. The van der Waals surface area contributed by atoms with Crippen LogP contribution in [0.1, 0.15) is 36.4 Å². The first-order valence-corrected chi connectivity index (χ1v) is 8.49. The third-order valence-electron chi connectivity index (χ3n) is 4.47. The van der Waals surface area contributed by atoms with Gasteiger partial charge in [-0.05, 0) is 36.5 Å². The first-order chi connectivity index (χ1) is 12.1. The lowest BCUT2D eigenvalue weighted by molar-refractivity contribution is -0.384. The lowest BCUT2D eigenvalue weighted by atomic mass is 9.88. The minimum absolute atomic E-state index is 0.0177. The van der Waals surface area contributed by atoms with Crippen LogP contribution in [-0.2, 0) is 11.2 Å².